The van der Waals surface area contributed by atoms with Crippen LogP contribution in [0.1, 0.15) is 33.6 Å². The van der Waals surface area contributed by atoms with Gasteiger partial charge in [-0.05, 0) is 31.9 Å². The van der Waals surface area contributed by atoms with Crippen molar-refractivity contribution in [2.45, 2.75) is 26.3 Å². The third-order valence-electron chi connectivity index (χ3n) is 4.14. The predicted octanol–water partition coefficient (Wildman–Crippen LogP) is 2.35. The van der Waals surface area contributed by atoms with Gasteiger partial charge in [-0.1, -0.05) is 17.7 Å². The van der Waals surface area contributed by atoms with E-state index in [4.69, 9.17) is 4.74 Å². The zero-order valence-electron chi connectivity index (χ0n) is 13.6. The minimum Gasteiger partial charge on any atom is -0.506 e. The van der Waals surface area contributed by atoms with Crippen LogP contribution in [0.15, 0.2) is 34.1 Å². The molecule has 0 atom stereocenters. The average molecular weight is 326 g/mol. The fourth-order valence-electron chi connectivity index (χ4n) is 2.88. The first-order valence-corrected chi connectivity index (χ1v) is 7.70. The van der Waals surface area contributed by atoms with Gasteiger partial charge in [0.25, 0.3) is 5.56 Å². The van der Waals surface area contributed by atoms with Crippen molar-refractivity contribution in [1.82, 2.24) is 4.57 Å². The highest BCUT2D eigenvalue weighted by atomic mass is 16.5. The maximum atomic E-state index is 12.6. The van der Waals surface area contributed by atoms with Gasteiger partial charge in [0.05, 0.1) is 12.8 Å². The van der Waals surface area contributed by atoms with Crippen LogP contribution in [0, 0.1) is 6.92 Å². The van der Waals surface area contributed by atoms with E-state index in [1.807, 2.05) is 31.2 Å². The molecule has 0 unspecified atom stereocenters. The molecule has 6 nitrogen and oxygen atoms in total. The molecule has 0 spiro atoms. The average Bonchev–Trinajstić information content (AvgIpc) is 3.05. The molecule has 1 aliphatic rings. The Labute approximate surface area is 139 Å². The van der Waals surface area contributed by atoms with Crippen LogP contribution in [0.2, 0.25) is 0 Å². The lowest BCUT2D eigenvalue weighted by molar-refractivity contribution is 0.0595. The molecule has 6 heteroatoms. The van der Waals surface area contributed by atoms with Gasteiger partial charge in [-0.15, -0.1) is 0 Å². The van der Waals surface area contributed by atoms with E-state index >= 15 is 0 Å². The van der Waals surface area contributed by atoms with Crippen LogP contribution in [0.4, 0.5) is 5.69 Å². The molecule has 0 radical (unpaired) electrons. The van der Waals surface area contributed by atoms with Crippen molar-refractivity contribution in [2.24, 2.45) is 4.99 Å². The van der Waals surface area contributed by atoms with Gasteiger partial charge < -0.3 is 14.4 Å². The summed E-state index contributed by atoms with van der Waals surface area (Å²) in [6.45, 7) is 2.48. The maximum Gasteiger partial charge on any atom is 0.343 e. The molecule has 124 valence electrons. The molecule has 0 saturated heterocycles. The minimum atomic E-state index is -0.650. The van der Waals surface area contributed by atoms with E-state index in [1.54, 1.807) is 0 Å². The fourth-order valence-corrected chi connectivity index (χ4v) is 2.88. The first-order chi connectivity index (χ1) is 11.5. The fraction of sp³-hybridized carbons (Fsp3) is 0.278. The quantitative estimate of drug-likeness (QED) is 0.693. The van der Waals surface area contributed by atoms with Crippen LogP contribution in [-0.4, -0.2) is 29.0 Å². The third-order valence-corrected chi connectivity index (χ3v) is 4.14. The number of aromatic hydroxyl groups is 1. The van der Waals surface area contributed by atoms with Gasteiger partial charge in [-0.3, -0.25) is 9.79 Å². The van der Waals surface area contributed by atoms with Crippen molar-refractivity contribution < 1.29 is 14.6 Å². The summed E-state index contributed by atoms with van der Waals surface area (Å²) in [5.74, 6) is -1.01. The number of methoxy groups -OCH3 is 1. The van der Waals surface area contributed by atoms with Crippen LogP contribution >= 0.6 is 0 Å². The number of benzene rings is 1. The normalized spacial score (nSPS) is 13.2. The molecule has 1 N–H and O–H groups in total. The third kappa shape index (κ3) is 2.71. The van der Waals surface area contributed by atoms with Crippen LogP contribution in [0.5, 0.6) is 5.75 Å². The van der Waals surface area contributed by atoms with E-state index in [9.17, 15) is 14.7 Å². The van der Waals surface area contributed by atoms with Gasteiger partial charge in [0.15, 0.2) is 0 Å². The summed E-state index contributed by atoms with van der Waals surface area (Å²) in [6.07, 6.45) is 2.61. The zero-order chi connectivity index (χ0) is 17.3. The van der Waals surface area contributed by atoms with E-state index in [0.717, 1.165) is 12.0 Å². The number of aliphatic imine (C=N–C) groups is 1. The zero-order valence-corrected chi connectivity index (χ0v) is 13.6. The van der Waals surface area contributed by atoms with Gasteiger partial charge in [-0.2, -0.15) is 0 Å². The molecule has 1 aromatic heterocycles. The van der Waals surface area contributed by atoms with Gasteiger partial charge >= 0.3 is 5.97 Å². The number of ether oxygens (including phenoxy) is 1. The lowest BCUT2D eigenvalue weighted by Gasteiger charge is -2.12. The van der Waals surface area contributed by atoms with E-state index < -0.39 is 5.97 Å². The Hall–Kier alpha value is -2.89. The lowest BCUT2D eigenvalue weighted by Crippen LogP contribution is -2.26. The van der Waals surface area contributed by atoms with Crippen molar-refractivity contribution in [3.63, 3.8) is 0 Å². The first kappa shape index (κ1) is 16.0. The smallest absolute Gasteiger partial charge is 0.343 e. The van der Waals surface area contributed by atoms with Crippen molar-refractivity contribution in [1.29, 1.82) is 0 Å². The number of carbonyl (C=O) groups excluding carboxylic acids is 1. The summed E-state index contributed by atoms with van der Waals surface area (Å²) in [6, 6.07) is 7.44. The Bertz CT molecular complexity index is 879. The standard InChI is InChI=1S/C18H18N2O4/c1-11-5-7-12(8-6-11)19-10-13-16(21)15(18(23)24-2)14-4-3-9-20(14)17(13)22/h5-8,10,21H,3-4,9H2,1-2H3. The summed E-state index contributed by atoms with van der Waals surface area (Å²) < 4.78 is 6.27. The number of pyridine rings is 1. The number of aryl methyl sites for hydroxylation is 1. The molecule has 0 bridgehead atoms. The Kier molecular flexibility index (Phi) is 4.20. The van der Waals surface area contributed by atoms with Crippen molar-refractivity contribution >= 4 is 17.9 Å². The molecule has 0 aliphatic carbocycles. The number of hydrogen-bond acceptors (Lipinski definition) is 5. The van der Waals surface area contributed by atoms with E-state index in [-0.39, 0.29) is 22.4 Å². The molecule has 2 aromatic rings. The van der Waals surface area contributed by atoms with Gasteiger partial charge in [-0.25, -0.2) is 4.79 Å². The summed E-state index contributed by atoms with van der Waals surface area (Å²) in [7, 11) is 1.25. The summed E-state index contributed by atoms with van der Waals surface area (Å²) >= 11 is 0. The van der Waals surface area contributed by atoms with Crippen LogP contribution in [0.3, 0.4) is 0 Å². The second kappa shape index (κ2) is 6.31. The number of fused-ring (bicyclic) bond motifs is 1. The highest BCUT2D eigenvalue weighted by Gasteiger charge is 2.28. The highest BCUT2D eigenvalue weighted by molar-refractivity contribution is 5.98. The number of esters is 1. The van der Waals surface area contributed by atoms with Crippen LogP contribution in [-0.2, 0) is 17.7 Å². The maximum absolute atomic E-state index is 12.6. The van der Waals surface area contributed by atoms with Crippen LogP contribution in [0.25, 0.3) is 0 Å². The first-order valence-electron chi connectivity index (χ1n) is 7.70. The van der Waals surface area contributed by atoms with Gasteiger partial charge in [0.2, 0.25) is 0 Å². The number of aromatic nitrogens is 1. The van der Waals surface area contributed by atoms with Gasteiger partial charge in [0.1, 0.15) is 16.9 Å². The Morgan fingerprint density at radius 2 is 2.04 bits per heavy atom. The predicted molar refractivity (Wildman–Crippen MR) is 90.5 cm³/mol. The second-order valence-corrected chi connectivity index (χ2v) is 5.73. The second-order valence-electron chi connectivity index (χ2n) is 5.73. The van der Waals surface area contributed by atoms with E-state index in [2.05, 4.69) is 4.99 Å². The molecule has 24 heavy (non-hydrogen) atoms. The van der Waals surface area contributed by atoms with E-state index in [1.165, 1.54) is 17.9 Å². The summed E-state index contributed by atoms with van der Waals surface area (Å²) in [5.41, 5.74) is 1.99. The van der Waals surface area contributed by atoms with Crippen molar-refractivity contribution in [3.8, 4) is 5.75 Å². The van der Waals surface area contributed by atoms with Crippen molar-refractivity contribution in [3.05, 3.63) is 57.0 Å². The lowest BCUT2D eigenvalue weighted by atomic mass is 10.1. The minimum absolute atomic E-state index is 0.00150. The van der Waals surface area contributed by atoms with E-state index in [0.29, 0.717) is 24.3 Å². The molecular formula is C18H18N2O4. The molecule has 1 aliphatic heterocycles. The molecule has 0 fully saturated rings. The number of carbonyl (C=O) groups is 1. The Morgan fingerprint density at radius 3 is 2.71 bits per heavy atom. The SMILES string of the molecule is COC(=O)c1c(O)c(C=Nc2ccc(C)cc2)c(=O)n2c1CCC2. The molecule has 2 heterocycles. The summed E-state index contributed by atoms with van der Waals surface area (Å²) in [4.78, 5) is 28.8. The summed E-state index contributed by atoms with van der Waals surface area (Å²) in [5, 5.41) is 10.5. The molecule has 0 amide bonds. The topological polar surface area (TPSA) is 80.9 Å². The molecular weight excluding hydrogens is 308 g/mol. The Morgan fingerprint density at radius 1 is 1.33 bits per heavy atom. The highest BCUT2D eigenvalue weighted by Crippen LogP contribution is 2.28. The van der Waals surface area contributed by atoms with Gasteiger partial charge in [0, 0.05) is 18.5 Å². The molecule has 1 aromatic carbocycles. The number of nitrogens with zero attached hydrogens (tertiary/aromatic N) is 2. The number of rotatable bonds is 3. The van der Waals surface area contributed by atoms with Crippen LogP contribution < -0.4 is 5.56 Å². The van der Waals surface area contributed by atoms with Crippen molar-refractivity contribution in [2.75, 3.05) is 7.11 Å². The largest absolute Gasteiger partial charge is 0.506 e. The number of hydrogen-bond donors (Lipinski definition) is 1. The molecule has 3 rings (SSSR count). The Balaban J connectivity index is 2.12. The molecule has 0 saturated carbocycles. The monoisotopic (exact) mass is 326 g/mol.